The molecule has 2 atom stereocenters. The van der Waals surface area contributed by atoms with Crippen molar-refractivity contribution in [2.75, 3.05) is 5.32 Å². The van der Waals surface area contributed by atoms with Crippen LogP contribution in [0.2, 0.25) is 0 Å². The summed E-state index contributed by atoms with van der Waals surface area (Å²) in [7, 11) is 0. The average Bonchev–Trinajstić information content (AvgIpc) is 2.40. The molecule has 2 heterocycles. The average molecular weight is 224 g/mol. The Morgan fingerprint density at radius 2 is 2.06 bits per heavy atom. The second kappa shape index (κ2) is 4.21. The molecule has 1 aliphatic rings. The molecule has 1 aliphatic heterocycles. The van der Waals surface area contributed by atoms with Crippen LogP contribution in [0.1, 0.15) is 36.4 Å². The minimum absolute atomic E-state index is 0.383. The van der Waals surface area contributed by atoms with Crippen molar-refractivity contribution in [3.63, 3.8) is 0 Å². The van der Waals surface area contributed by atoms with Crippen LogP contribution in [-0.2, 0) is 0 Å². The first-order valence-corrected chi connectivity index (χ1v) is 6.10. The normalized spacial score (nSPS) is 22.6. The summed E-state index contributed by atoms with van der Waals surface area (Å²) >= 11 is 0. The summed E-state index contributed by atoms with van der Waals surface area (Å²) in [6, 6.07) is 13.1. The maximum absolute atomic E-state index is 4.20. The van der Waals surface area contributed by atoms with E-state index in [1.165, 1.54) is 16.8 Å². The van der Waals surface area contributed by atoms with Gasteiger partial charge in [-0.15, -0.1) is 0 Å². The van der Waals surface area contributed by atoms with E-state index < -0.39 is 0 Å². The van der Waals surface area contributed by atoms with Crippen LogP contribution in [0.5, 0.6) is 0 Å². The highest BCUT2D eigenvalue weighted by Gasteiger charge is 2.23. The van der Waals surface area contributed by atoms with Crippen molar-refractivity contribution in [1.82, 2.24) is 4.98 Å². The highest BCUT2D eigenvalue weighted by Crippen LogP contribution is 2.39. The molecule has 2 heteroatoms. The molecule has 1 N–H and O–H groups in total. The highest BCUT2D eigenvalue weighted by molar-refractivity contribution is 5.56. The van der Waals surface area contributed by atoms with Crippen LogP contribution < -0.4 is 5.32 Å². The number of hydrogen-bond donors (Lipinski definition) is 1. The van der Waals surface area contributed by atoms with Gasteiger partial charge in [-0.3, -0.25) is 4.98 Å². The van der Waals surface area contributed by atoms with Gasteiger partial charge >= 0.3 is 0 Å². The molecule has 0 aliphatic carbocycles. The van der Waals surface area contributed by atoms with E-state index in [-0.39, 0.29) is 0 Å². The second-order valence-electron chi connectivity index (χ2n) is 4.71. The first-order chi connectivity index (χ1) is 8.34. The predicted octanol–water partition coefficient (Wildman–Crippen LogP) is 3.74. The standard InChI is InChI=1S/C15H16N2/c1-11-9-15(12-5-4-8-16-10-12)17-14-7-3-2-6-13(11)14/h2-8,10-11,15,17H,9H2,1H3/t11-,15-/m0/s1. The zero-order valence-electron chi connectivity index (χ0n) is 9.93. The molecule has 0 radical (unpaired) electrons. The third-order valence-electron chi connectivity index (χ3n) is 3.50. The van der Waals surface area contributed by atoms with E-state index in [0.717, 1.165) is 6.42 Å². The number of aromatic nitrogens is 1. The van der Waals surface area contributed by atoms with E-state index >= 15 is 0 Å². The largest absolute Gasteiger partial charge is 0.378 e. The van der Waals surface area contributed by atoms with Gasteiger partial charge in [0.1, 0.15) is 0 Å². The van der Waals surface area contributed by atoms with E-state index in [1.807, 2.05) is 18.5 Å². The van der Waals surface area contributed by atoms with E-state index in [1.54, 1.807) is 0 Å². The fourth-order valence-corrected chi connectivity index (χ4v) is 2.59. The van der Waals surface area contributed by atoms with Crippen molar-refractivity contribution in [3.05, 3.63) is 59.9 Å². The molecule has 0 amide bonds. The van der Waals surface area contributed by atoms with Crippen LogP contribution in [0, 0.1) is 0 Å². The summed E-state index contributed by atoms with van der Waals surface area (Å²) in [5.74, 6) is 0.595. The Morgan fingerprint density at radius 3 is 2.88 bits per heavy atom. The fraction of sp³-hybridized carbons (Fsp3) is 0.267. The molecule has 0 spiro atoms. The summed E-state index contributed by atoms with van der Waals surface area (Å²) in [6.45, 7) is 2.29. The van der Waals surface area contributed by atoms with Crippen molar-refractivity contribution in [2.45, 2.75) is 25.3 Å². The Labute approximate surface area is 102 Å². The van der Waals surface area contributed by atoms with Gasteiger partial charge in [0.25, 0.3) is 0 Å². The van der Waals surface area contributed by atoms with Gasteiger partial charge in [0, 0.05) is 18.1 Å². The molecule has 17 heavy (non-hydrogen) atoms. The van der Waals surface area contributed by atoms with Crippen molar-refractivity contribution >= 4 is 5.69 Å². The topological polar surface area (TPSA) is 24.9 Å². The molecule has 0 saturated carbocycles. The van der Waals surface area contributed by atoms with Gasteiger partial charge in [0.2, 0.25) is 0 Å². The molecule has 0 unspecified atom stereocenters. The number of para-hydroxylation sites is 1. The number of nitrogens with one attached hydrogen (secondary N) is 1. The molecule has 0 fully saturated rings. The van der Waals surface area contributed by atoms with E-state index in [4.69, 9.17) is 0 Å². The number of hydrogen-bond acceptors (Lipinski definition) is 2. The van der Waals surface area contributed by atoms with Gasteiger partial charge in [-0.25, -0.2) is 0 Å². The van der Waals surface area contributed by atoms with Gasteiger partial charge in [-0.1, -0.05) is 31.2 Å². The zero-order valence-corrected chi connectivity index (χ0v) is 9.93. The maximum atomic E-state index is 4.20. The molecule has 0 bridgehead atoms. The molecular formula is C15H16N2. The van der Waals surface area contributed by atoms with Crippen LogP contribution in [0.3, 0.4) is 0 Å². The van der Waals surface area contributed by atoms with E-state index in [0.29, 0.717) is 12.0 Å². The first kappa shape index (κ1) is 10.3. The second-order valence-corrected chi connectivity index (χ2v) is 4.71. The molecule has 1 aromatic heterocycles. The number of nitrogens with zero attached hydrogens (tertiary/aromatic N) is 1. The lowest BCUT2D eigenvalue weighted by molar-refractivity contribution is 0.578. The Kier molecular flexibility index (Phi) is 2.56. The summed E-state index contributed by atoms with van der Waals surface area (Å²) in [5, 5.41) is 3.60. The Hall–Kier alpha value is -1.83. The van der Waals surface area contributed by atoms with Crippen molar-refractivity contribution < 1.29 is 0 Å². The van der Waals surface area contributed by atoms with Crippen LogP contribution in [0.15, 0.2) is 48.8 Å². The molecular weight excluding hydrogens is 208 g/mol. The number of pyridine rings is 1. The minimum Gasteiger partial charge on any atom is -0.378 e. The monoisotopic (exact) mass is 224 g/mol. The zero-order chi connectivity index (χ0) is 11.7. The van der Waals surface area contributed by atoms with Crippen molar-refractivity contribution in [1.29, 1.82) is 0 Å². The molecule has 1 aromatic carbocycles. The Balaban J connectivity index is 1.94. The Morgan fingerprint density at radius 1 is 1.18 bits per heavy atom. The lowest BCUT2D eigenvalue weighted by atomic mass is 9.86. The summed E-state index contributed by atoms with van der Waals surface area (Å²) < 4.78 is 0. The summed E-state index contributed by atoms with van der Waals surface area (Å²) in [4.78, 5) is 4.20. The number of rotatable bonds is 1. The molecule has 86 valence electrons. The Bertz CT molecular complexity index is 507. The lowest BCUT2D eigenvalue weighted by Crippen LogP contribution is -2.20. The SMILES string of the molecule is C[C@H]1C[C@@H](c2cccnc2)Nc2ccccc21. The molecule has 2 nitrogen and oxygen atoms in total. The maximum Gasteiger partial charge on any atom is 0.0534 e. The molecule has 0 saturated heterocycles. The fourth-order valence-electron chi connectivity index (χ4n) is 2.59. The number of anilines is 1. The smallest absolute Gasteiger partial charge is 0.0534 e. The van der Waals surface area contributed by atoms with E-state index in [9.17, 15) is 0 Å². The number of benzene rings is 1. The predicted molar refractivity (Wildman–Crippen MR) is 70.1 cm³/mol. The third-order valence-corrected chi connectivity index (χ3v) is 3.50. The van der Waals surface area contributed by atoms with Crippen LogP contribution in [0.25, 0.3) is 0 Å². The summed E-state index contributed by atoms with van der Waals surface area (Å²) in [5.41, 5.74) is 3.96. The number of fused-ring (bicyclic) bond motifs is 1. The molecule has 3 rings (SSSR count). The minimum atomic E-state index is 0.383. The lowest BCUT2D eigenvalue weighted by Gasteiger charge is -2.31. The van der Waals surface area contributed by atoms with Gasteiger partial charge in [0.15, 0.2) is 0 Å². The first-order valence-electron chi connectivity index (χ1n) is 6.10. The van der Waals surface area contributed by atoms with E-state index in [2.05, 4.69) is 47.6 Å². The quantitative estimate of drug-likeness (QED) is 0.798. The molecule has 2 aromatic rings. The van der Waals surface area contributed by atoms with Crippen LogP contribution in [0.4, 0.5) is 5.69 Å². The van der Waals surface area contributed by atoms with Crippen molar-refractivity contribution in [3.8, 4) is 0 Å². The summed E-state index contributed by atoms with van der Waals surface area (Å²) in [6.07, 6.45) is 4.91. The van der Waals surface area contributed by atoms with Crippen LogP contribution >= 0.6 is 0 Å². The van der Waals surface area contributed by atoms with Gasteiger partial charge in [-0.05, 0) is 35.6 Å². The van der Waals surface area contributed by atoms with Crippen molar-refractivity contribution in [2.24, 2.45) is 0 Å². The highest BCUT2D eigenvalue weighted by atomic mass is 14.9. The van der Waals surface area contributed by atoms with Gasteiger partial charge in [0.05, 0.1) is 6.04 Å². The van der Waals surface area contributed by atoms with Gasteiger partial charge in [-0.2, -0.15) is 0 Å². The third kappa shape index (κ3) is 1.91. The van der Waals surface area contributed by atoms with Gasteiger partial charge < -0.3 is 5.32 Å². The van der Waals surface area contributed by atoms with Crippen LogP contribution in [-0.4, -0.2) is 4.98 Å².